The average Bonchev–Trinajstić information content (AvgIpc) is 2.51. The van der Waals surface area contributed by atoms with Crippen molar-refractivity contribution in [2.24, 2.45) is 5.92 Å². The number of amides is 1. The first-order chi connectivity index (χ1) is 11.4. The van der Waals surface area contributed by atoms with Crippen LogP contribution in [0.3, 0.4) is 0 Å². The number of hydrogen-bond acceptors (Lipinski definition) is 3. The summed E-state index contributed by atoms with van der Waals surface area (Å²) in [4.78, 5) is 23.6. The number of hydrogen-bond donors (Lipinski definition) is 2. The molecule has 1 aliphatic rings. The van der Waals surface area contributed by atoms with Crippen molar-refractivity contribution in [2.45, 2.75) is 57.9 Å². The molecule has 0 bridgehead atoms. The standard InChI is InChI=1S/C19H27NO4/c1-14-7-5-8-15(13-14)24-12-6-10-17(21)20-19(2)11-4-3-9-16(19)18(22)23/h5,7-8,13,16H,3-4,6,9-12H2,1-2H3,(H,20,21)(H,22,23). The summed E-state index contributed by atoms with van der Waals surface area (Å²) < 4.78 is 5.64. The normalized spacial score (nSPS) is 23.5. The summed E-state index contributed by atoms with van der Waals surface area (Å²) in [6.45, 7) is 4.33. The number of aliphatic carboxylic acids is 1. The molecule has 1 saturated carbocycles. The van der Waals surface area contributed by atoms with Gasteiger partial charge in [-0.25, -0.2) is 0 Å². The van der Waals surface area contributed by atoms with Gasteiger partial charge in [0, 0.05) is 6.42 Å². The summed E-state index contributed by atoms with van der Waals surface area (Å²) in [5, 5.41) is 12.3. The van der Waals surface area contributed by atoms with Crippen LogP contribution in [0.2, 0.25) is 0 Å². The fraction of sp³-hybridized carbons (Fsp3) is 0.579. The van der Waals surface area contributed by atoms with Gasteiger partial charge in [-0.05, 0) is 50.8 Å². The molecule has 24 heavy (non-hydrogen) atoms. The molecule has 0 radical (unpaired) electrons. The van der Waals surface area contributed by atoms with Crippen LogP contribution in [-0.2, 0) is 9.59 Å². The molecule has 2 atom stereocenters. The van der Waals surface area contributed by atoms with Gasteiger partial charge in [0.15, 0.2) is 0 Å². The van der Waals surface area contributed by atoms with Crippen molar-refractivity contribution in [1.82, 2.24) is 5.32 Å². The first-order valence-corrected chi connectivity index (χ1v) is 8.64. The molecule has 5 nitrogen and oxygen atoms in total. The Bertz CT molecular complexity index is 586. The Hall–Kier alpha value is -2.04. The fourth-order valence-corrected chi connectivity index (χ4v) is 3.39. The second-order valence-corrected chi connectivity index (χ2v) is 6.87. The number of carbonyl (C=O) groups excluding carboxylic acids is 1. The molecule has 2 unspecified atom stereocenters. The van der Waals surface area contributed by atoms with Crippen LogP contribution >= 0.6 is 0 Å². The minimum atomic E-state index is -0.819. The van der Waals surface area contributed by atoms with E-state index in [4.69, 9.17) is 4.74 Å². The lowest BCUT2D eigenvalue weighted by atomic mass is 9.74. The Morgan fingerprint density at radius 2 is 2.17 bits per heavy atom. The number of benzene rings is 1. The zero-order chi connectivity index (χ0) is 17.6. The molecule has 1 aromatic rings. The van der Waals surface area contributed by atoms with E-state index in [0.717, 1.165) is 30.6 Å². The maximum atomic E-state index is 12.2. The van der Waals surface area contributed by atoms with Crippen molar-refractivity contribution in [1.29, 1.82) is 0 Å². The third-order valence-electron chi connectivity index (χ3n) is 4.74. The number of carboxylic acids is 1. The van der Waals surface area contributed by atoms with Gasteiger partial charge in [-0.3, -0.25) is 9.59 Å². The SMILES string of the molecule is Cc1cccc(OCCCC(=O)NC2(C)CCCCC2C(=O)O)c1. The monoisotopic (exact) mass is 333 g/mol. The number of carboxylic acid groups (broad SMARTS) is 1. The van der Waals surface area contributed by atoms with Crippen molar-refractivity contribution in [2.75, 3.05) is 6.61 Å². The summed E-state index contributed by atoms with van der Waals surface area (Å²) >= 11 is 0. The first kappa shape index (κ1) is 18.3. The smallest absolute Gasteiger partial charge is 0.308 e. The van der Waals surface area contributed by atoms with Gasteiger partial charge in [-0.1, -0.05) is 25.0 Å². The van der Waals surface area contributed by atoms with Crippen molar-refractivity contribution >= 4 is 11.9 Å². The van der Waals surface area contributed by atoms with E-state index in [1.54, 1.807) is 0 Å². The average molecular weight is 333 g/mol. The topological polar surface area (TPSA) is 75.6 Å². The molecule has 0 spiro atoms. The maximum Gasteiger partial charge on any atom is 0.308 e. The van der Waals surface area contributed by atoms with Crippen molar-refractivity contribution in [3.8, 4) is 5.75 Å². The van der Waals surface area contributed by atoms with Gasteiger partial charge >= 0.3 is 5.97 Å². The molecule has 2 rings (SSSR count). The van der Waals surface area contributed by atoms with Crippen molar-refractivity contribution in [3.63, 3.8) is 0 Å². The highest BCUT2D eigenvalue weighted by Gasteiger charge is 2.41. The molecule has 1 aliphatic carbocycles. The minimum absolute atomic E-state index is 0.0986. The Labute approximate surface area is 143 Å². The first-order valence-electron chi connectivity index (χ1n) is 8.64. The summed E-state index contributed by atoms with van der Waals surface area (Å²) in [7, 11) is 0. The molecule has 5 heteroatoms. The molecule has 2 N–H and O–H groups in total. The highest BCUT2D eigenvalue weighted by Crippen LogP contribution is 2.33. The van der Waals surface area contributed by atoms with Gasteiger partial charge in [0.2, 0.25) is 5.91 Å². The highest BCUT2D eigenvalue weighted by molar-refractivity contribution is 5.79. The Morgan fingerprint density at radius 1 is 1.38 bits per heavy atom. The van der Waals surface area contributed by atoms with Gasteiger partial charge in [0.25, 0.3) is 0 Å². The molecule has 1 aromatic carbocycles. The van der Waals surface area contributed by atoms with E-state index >= 15 is 0 Å². The largest absolute Gasteiger partial charge is 0.494 e. The lowest BCUT2D eigenvalue weighted by molar-refractivity contribution is -0.146. The summed E-state index contributed by atoms with van der Waals surface area (Å²) in [5.41, 5.74) is 0.494. The predicted molar refractivity (Wildman–Crippen MR) is 92.0 cm³/mol. The summed E-state index contributed by atoms with van der Waals surface area (Å²) in [5.74, 6) is -0.613. The van der Waals surface area contributed by atoms with Crippen LogP contribution in [0.25, 0.3) is 0 Å². The van der Waals surface area contributed by atoms with E-state index in [1.165, 1.54) is 0 Å². The van der Waals surface area contributed by atoms with Crippen LogP contribution < -0.4 is 10.1 Å². The van der Waals surface area contributed by atoms with E-state index in [0.29, 0.717) is 25.9 Å². The van der Waals surface area contributed by atoms with E-state index < -0.39 is 17.4 Å². The van der Waals surface area contributed by atoms with Gasteiger partial charge in [-0.2, -0.15) is 0 Å². The van der Waals surface area contributed by atoms with Crippen LogP contribution in [-0.4, -0.2) is 29.1 Å². The molecular weight excluding hydrogens is 306 g/mol. The minimum Gasteiger partial charge on any atom is -0.494 e. The van der Waals surface area contributed by atoms with Crippen LogP contribution in [0.15, 0.2) is 24.3 Å². The molecule has 132 valence electrons. The molecular formula is C19H27NO4. The van der Waals surface area contributed by atoms with Crippen molar-refractivity contribution in [3.05, 3.63) is 29.8 Å². The number of nitrogens with one attached hydrogen (secondary N) is 1. The highest BCUT2D eigenvalue weighted by atomic mass is 16.5. The van der Waals surface area contributed by atoms with Gasteiger partial charge < -0.3 is 15.2 Å². The van der Waals surface area contributed by atoms with Gasteiger partial charge in [0.1, 0.15) is 5.75 Å². The van der Waals surface area contributed by atoms with E-state index in [2.05, 4.69) is 5.32 Å². The van der Waals surface area contributed by atoms with E-state index in [1.807, 2.05) is 38.1 Å². The third kappa shape index (κ3) is 4.98. The van der Waals surface area contributed by atoms with Gasteiger partial charge in [-0.15, -0.1) is 0 Å². The van der Waals surface area contributed by atoms with E-state index in [9.17, 15) is 14.7 Å². The van der Waals surface area contributed by atoms with E-state index in [-0.39, 0.29) is 5.91 Å². The second-order valence-electron chi connectivity index (χ2n) is 6.87. The molecule has 0 aromatic heterocycles. The Balaban J connectivity index is 1.77. The molecule has 0 heterocycles. The zero-order valence-corrected chi connectivity index (χ0v) is 14.5. The number of carbonyl (C=O) groups is 2. The number of aryl methyl sites for hydroxylation is 1. The molecule has 0 saturated heterocycles. The lowest BCUT2D eigenvalue weighted by Gasteiger charge is -2.39. The maximum absolute atomic E-state index is 12.2. The third-order valence-corrected chi connectivity index (χ3v) is 4.74. The van der Waals surface area contributed by atoms with Crippen LogP contribution in [0.4, 0.5) is 0 Å². The zero-order valence-electron chi connectivity index (χ0n) is 14.5. The number of rotatable bonds is 7. The molecule has 0 aliphatic heterocycles. The summed E-state index contributed by atoms with van der Waals surface area (Å²) in [6.07, 6.45) is 4.16. The number of ether oxygens (including phenoxy) is 1. The second kappa shape index (κ2) is 8.18. The lowest BCUT2D eigenvalue weighted by Crippen LogP contribution is -2.55. The van der Waals surface area contributed by atoms with Crippen LogP contribution in [0.1, 0.15) is 51.0 Å². The summed E-state index contributed by atoms with van der Waals surface area (Å²) in [6, 6.07) is 7.80. The molecule has 1 amide bonds. The fourth-order valence-electron chi connectivity index (χ4n) is 3.39. The van der Waals surface area contributed by atoms with Crippen molar-refractivity contribution < 1.29 is 19.4 Å². The molecule has 1 fully saturated rings. The Kier molecular flexibility index (Phi) is 6.23. The van der Waals surface area contributed by atoms with Crippen LogP contribution in [0.5, 0.6) is 5.75 Å². The predicted octanol–water partition coefficient (Wildman–Crippen LogP) is 3.30. The Morgan fingerprint density at radius 3 is 2.88 bits per heavy atom. The van der Waals surface area contributed by atoms with Gasteiger partial charge in [0.05, 0.1) is 18.1 Å². The van der Waals surface area contributed by atoms with Crippen LogP contribution in [0, 0.1) is 12.8 Å². The quantitative estimate of drug-likeness (QED) is 0.751.